The Balaban J connectivity index is 1.97. The number of aromatic amines is 1. The van der Waals surface area contributed by atoms with Gasteiger partial charge in [-0.05, 0) is 24.6 Å². The third-order valence-corrected chi connectivity index (χ3v) is 3.92. The van der Waals surface area contributed by atoms with Gasteiger partial charge in [-0.25, -0.2) is 15.8 Å². The van der Waals surface area contributed by atoms with E-state index in [1.54, 1.807) is 13.1 Å². The molecule has 110 valence electrons. The Hall–Kier alpha value is -2.20. The molecule has 0 amide bonds. The minimum Gasteiger partial charge on any atom is -0.308 e. The van der Waals surface area contributed by atoms with E-state index in [0.717, 1.165) is 30.4 Å². The highest BCUT2D eigenvalue weighted by Gasteiger charge is 2.27. The van der Waals surface area contributed by atoms with Crippen molar-refractivity contribution in [3.8, 4) is 0 Å². The Bertz CT molecular complexity index is 796. The number of hydrogen-bond acceptors (Lipinski definition) is 8. The van der Waals surface area contributed by atoms with Gasteiger partial charge in [-0.3, -0.25) is 19.4 Å². The molecular weight excluding hydrogens is 294 g/mol. The van der Waals surface area contributed by atoms with Crippen molar-refractivity contribution in [1.82, 2.24) is 24.7 Å². The summed E-state index contributed by atoms with van der Waals surface area (Å²) in [6, 6.07) is 1.66. The van der Waals surface area contributed by atoms with E-state index in [0.29, 0.717) is 21.9 Å². The predicted molar refractivity (Wildman–Crippen MR) is 76.0 cm³/mol. The molecule has 0 atom stereocenters. The molecule has 2 aromatic heterocycles. The number of aryl methyl sites for hydroxylation is 1. The smallest absolute Gasteiger partial charge is 0.308 e. The number of anilines is 1. The molecule has 3 rings (SSSR count). The van der Waals surface area contributed by atoms with E-state index in [1.165, 1.54) is 4.68 Å². The lowest BCUT2D eigenvalue weighted by atomic mass is 10.4. The number of hydrogen-bond donors (Lipinski definition) is 3. The molecule has 0 radical (unpaired) electrons. The van der Waals surface area contributed by atoms with Crippen LogP contribution in [0.1, 0.15) is 24.6 Å². The number of nitrogens with two attached hydrogens (primary N) is 1. The maximum Gasteiger partial charge on any atom is 0.339 e. The Morgan fingerprint density at radius 1 is 1.38 bits per heavy atom. The first-order valence-electron chi connectivity index (χ1n) is 6.27. The number of rotatable bonds is 4. The number of nitrogen functional groups attached to an aromatic ring is 1. The van der Waals surface area contributed by atoms with Crippen LogP contribution < -0.4 is 22.4 Å². The monoisotopic (exact) mass is 307 g/mol. The molecule has 21 heavy (non-hydrogen) atoms. The van der Waals surface area contributed by atoms with Crippen LogP contribution in [0.2, 0.25) is 0 Å². The standard InChI is InChI=1S/C11H13N7O2S/c1-18-11(15-9(19)10(20)17-18)21-7-4-6(16-12)13-8(14-7)5-2-3-5/h4-5H,2-3,12H2,1H3,(H,17,20)(H,13,14,16). The Labute approximate surface area is 123 Å². The van der Waals surface area contributed by atoms with Gasteiger partial charge in [-0.2, -0.15) is 4.98 Å². The van der Waals surface area contributed by atoms with E-state index >= 15 is 0 Å². The highest BCUT2D eigenvalue weighted by Crippen LogP contribution is 2.39. The second kappa shape index (κ2) is 5.30. The van der Waals surface area contributed by atoms with Gasteiger partial charge < -0.3 is 5.43 Å². The molecule has 4 N–H and O–H groups in total. The van der Waals surface area contributed by atoms with Crippen LogP contribution >= 0.6 is 11.8 Å². The van der Waals surface area contributed by atoms with Crippen LogP contribution in [-0.2, 0) is 7.05 Å². The van der Waals surface area contributed by atoms with Crippen LogP contribution in [0.15, 0.2) is 25.8 Å². The first kappa shape index (κ1) is 13.8. The molecule has 1 saturated carbocycles. The van der Waals surface area contributed by atoms with Gasteiger partial charge in [0, 0.05) is 19.0 Å². The molecule has 2 aromatic rings. The molecule has 2 heterocycles. The van der Waals surface area contributed by atoms with Crippen molar-refractivity contribution in [3.05, 3.63) is 32.6 Å². The normalized spacial score (nSPS) is 14.2. The lowest BCUT2D eigenvalue weighted by molar-refractivity contribution is 0.596. The van der Waals surface area contributed by atoms with Gasteiger partial charge in [0.2, 0.25) is 0 Å². The van der Waals surface area contributed by atoms with Crippen molar-refractivity contribution in [3.63, 3.8) is 0 Å². The second-order valence-electron chi connectivity index (χ2n) is 4.67. The van der Waals surface area contributed by atoms with Gasteiger partial charge >= 0.3 is 11.1 Å². The summed E-state index contributed by atoms with van der Waals surface area (Å²) in [5, 5.41) is 3.33. The third kappa shape index (κ3) is 2.95. The van der Waals surface area contributed by atoms with Crippen molar-refractivity contribution in [2.45, 2.75) is 28.9 Å². The van der Waals surface area contributed by atoms with Crippen LogP contribution in [0, 0.1) is 0 Å². The van der Waals surface area contributed by atoms with Gasteiger partial charge in [0.05, 0.1) is 0 Å². The zero-order valence-corrected chi connectivity index (χ0v) is 12.0. The van der Waals surface area contributed by atoms with Gasteiger partial charge in [0.1, 0.15) is 16.7 Å². The number of aromatic nitrogens is 5. The number of nitrogens with one attached hydrogen (secondary N) is 2. The van der Waals surface area contributed by atoms with E-state index in [1.807, 2.05) is 0 Å². The summed E-state index contributed by atoms with van der Waals surface area (Å²) in [6.45, 7) is 0. The zero-order valence-electron chi connectivity index (χ0n) is 11.2. The van der Waals surface area contributed by atoms with E-state index in [4.69, 9.17) is 5.84 Å². The quantitative estimate of drug-likeness (QED) is 0.300. The molecule has 0 saturated heterocycles. The number of nitrogens with zero attached hydrogens (tertiary/aromatic N) is 4. The molecule has 0 spiro atoms. The summed E-state index contributed by atoms with van der Waals surface area (Å²) in [5.41, 5.74) is 0.914. The largest absolute Gasteiger partial charge is 0.339 e. The van der Waals surface area contributed by atoms with Crippen molar-refractivity contribution in [2.75, 3.05) is 5.43 Å². The maximum atomic E-state index is 11.3. The topological polar surface area (TPSA) is 132 Å². The van der Waals surface area contributed by atoms with Crippen molar-refractivity contribution >= 4 is 17.6 Å². The molecule has 10 heteroatoms. The predicted octanol–water partition coefficient (Wildman–Crippen LogP) is -0.427. The summed E-state index contributed by atoms with van der Waals surface area (Å²) >= 11 is 1.16. The zero-order chi connectivity index (χ0) is 15.0. The molecule has 0 unspecified atom stereocenters. The van der Waals surface area contributed by atoms with Gasteiger partial charge in [-0.15, -0.1) is 0 Å². The highest BCUT2D eigenvalue weighted by molar-refractivity contribution is 7.99. The molecule has 0 aromatic carbocycles. The molecule has 9 nitrogen and oxygen atoms in total. The number of hydrazine groups is 1. The summed E-state index contributed by atoms with van der Waals surface area (Å²) in [5.74, 6) is 7.00. The minimum atomic E-state index is -0.829. The van der Waals surface area contributed by atoms with Crippen LogP contribution in [0.25, 0.3) is 0 Å². The van der Waals surface area contributed by atoms with Crippen LogP contribution in [0.4, 0.5) is 5.82 Å². The van der Waals surface area contributed by atoms with E-state index in [-0.39, 0.29) is 0 Å². The molecule has 1 fully saturated rings. The first-order valence-corrected chi connectivity index (χ1v) is 7.09. The molecule has 0 bridgehead atoms. The maximum absolute atomic E-state index is 11.3. The summed E-state index contributed by atoms with van der Waals surface area (Å²) in [7, 11) is 1.60. The third-order valence-electron chi connectivity index (χ3n) is 2.95. The lowest BCUT2D eigenvalue weighted by Gasteiger charge is -2.08. The molecule has 1 aliphatic rings. The van der Waals surface area contributed by atoms with Crippen molar-refractivity contribution in [2.24, 2.45) is 12.9 Å². The first-order chi connectivity index (χ1) is 10.1. The van der Waals surface area contributed by atoms with Crippen LogP contribution in [0.5, 0.6) is 0 Å². The fourth-order valence-electron chi connectivity index (χ4n) is 1.74. The van der Waals surface area contributed by atoms with Gasteiger partial charge in [-0.1, -0.05) is 0 Å². The van der Waals surface area contributed by atoms with Crippen molar-refractivity contribution in [1.29, 1.82) is 0 Å². The fourth-order valence-corrected chi connectivity index (χ4v) is 2.55. The molecule has 0 aliphatic heterocycles. The number of H-pyrrole nitrogens is 1. The molecule has 1 aliphatic carbocycles. The van der Waals surface area contributed by atoms with E-state index in [2.05, 4.69) is 25.5 Å². The average Bonchev–Trinajstić information content (AvgIpc) is 3.29. The Kier molecular flexibility index (Phi) is 3.47. The summed E-state index contributed by atoms with van der Waals surface area (Å²) in [4.78, 5) is 35.0. The minimum absolute atomic E-state index is 0.336. The van der Waals surface area contributed by atoms with Gasteiger partial charge in [0.25, 0.3) is 0 Å². The SMILES string of the molecule is Cn1[nH]c(=O)c(=O)nc1Sc1cc(NN)nc(C2CC2)n1. The highest BCUT2D eigenvalue weighted by atomic mass is 32.2. The Morgan fingerprint density at radius 2 is 2.14 bits per heavy atom. The van der Waals surface area contributed by atoms with Crippen LogP contribution in [0.3, 0.4) is 0 Å². The second-order valence-corrected chi connectivity index (χ2v) is 5.66. The summed E-state index contributed by atoms with van der Waals surface area (Å²) < 4.78 is 1.38. The van der Waals surface area contributed by atoms with Crippen molar-refractivity contribution < 1.29 is 0 Å². The lowest BCUT2D eigenvalue weighted by Crippen LogP contribution is -2.33. The van der Waals surface area contributed by atoms with Crippen LogP contribution in [-0.4, -0.2) is 24.7 Å². The Morgan fingerprint density at radius 3 is 2.81 bits per heavy atom. The van der Waals surface area contributed by atoms with E-state index < -0.39 is 11.1 Å². The van der Waals surface area contributed by atoms with E-state index in [9.17, 15) is 9.59 Å². The summed E-state index contributed by atoms with van der Waals surface area (Å²) in [6.07, 6.45) is 2.13. The van der Waals surface area contributed by atoms with Gasteiger partial charge in [0.15, 0.2) is 5.16 Å². The molecular formula is C11H13N7O2S. The average molecular weight is 307 g/mol. The fraction of sp³-hybridized carbons (Fsp3) is 0.364.